The summed E-state index contributed by atoms with van der Waals surface area (Å²) >= 11 is 0. The normalized spacial score (nSPS) is 12.6. The van der Waals surface area contributed by atoms with Crippen molar-refractivity contribution in [3.63, 3.8) is 0 Å². The molecule has 0 fully saturated rings. The minimum absolute atomic E-state index is 0.441. The summed E-state index contributed by atoms with van der Waals surface area (Å²) < 4.78 is 0. The fourth-order valence-electron chi connectivity index (χ4n) is 1.99. The third-order valence-corrected chi connectivity index (χ3v) is 3.22. The molecule has 0 radical (unpaired) electrons. The zero-order valence-corrected chi connectivity index (χ0v) is 10.5. The summed E-state index contributed by atoms with van der Waals surface area (Å²) in [6.07, 6.45) is 0. The van der Waals surface area contributed by atoms with E-state index in [0.717, 1.165) is 6.54 Å². The van der Waals surface area contributed by atoms with Gasteiger partial charge in [-0.15, -0.1) is 0 Å². The highest BCUT2D eigenvalue weighted by atomic mass is 15.1. The van der Waals surface area contributed by atoms with Crippen LogP contribution in [0.2, 0.25) is 0 Å². The molecule has 0 saturated heterocycles. The minimum atomic E-state index is 0.441. The van der Waals surface area contributed by atoms with E-state index in [4.69, 9.17) is 0 Å². The van der Waals surface area contributed by atoms with E-state index in [1.54, 1.807) is 0 Å². The Bertz CT molecular complexity index is 436. The lowest BCUT2D eigenvalue weighted by molar-refractivity contribution is 0.253. The van der Waals surface area contributed by atoms with Crippen LogP contribution in [0.4, 0.5) is 0 Å². The van der Waals surface area contributed by atoms with Gasteiger partial charge in [0.05, 0.1) is 0 Å². The molecule has 0 aliphatic carbocycles. The molecule has 0 bridgehead atoms. The molecule has 17 heavy (non-hydrogen) atoms. The summed E-state index contributed by atoms with van der Waals surface area (Å²) in [6.45, 7) is 3.23. The molecule has 0 saturated carbocycles. The SMILES string of the molecule is CC(c1ccccc1)N(C)Cc1ccccc1. The molecule has 1 atom stereocenters. The van der Waals surface area contributed by atoms with Crippen LogP contribution in [-0.2, 0) is 6.54 Å². The summed E-state index contributed by atoms with van der Waals surface area (Å²) in [5.74, 6) is 0. The maximum atomic E-state index is 2.37. The average Bonchev–Trinajstić information content (AvgIpc) is 2.40. The number of rotatable bonds is 4. The van der Waals surface area contributed by atoms with E-state index >= 15 is 0 Å². The van der Waals surface area contributed by atoms with Gasteiger partial charge in [-0.25, -0.2) is 0 Å². The van der Waals surface area contributed by atoms with Crippen LogP contribution in [-0.4, -0.2) is 11.9 Å². The molecule has 1 nitrogen and oxygen atoms in total. The second-order valence-corrected chi connectivity index (χ2v) is 4.49. The summed E-state index contributed by atoms with van der Waals surface area (Å²) in [4.78, 5) is 2.37. The van der Waals surface area contributed by atoms with Gasteiger partial charge in [0.2, 0.25) is 0 Å². The molecule has 0 amide bonds. The van der Waals surface area contributed by atoms with E-state index in [9.17, 15) is 0 Å². The van der Waals surface area contributed by atoms with Gasteiger partial charge >= 0.3 is 0 Å². The number of benzene rings is 2. The largest absolute Gasteiger partial charge is 0.295 e. The predicted molar refractivity (Wildman–Crippen MR) is 72.8 cm³/mol. The highest BCUT2D eigenvalue weighted by Crippen LogP contribution is 2.19. The first-order valence-corrected chi connectivity index (χ1v) is 6.06. The van der Waals surface area contributed by atoms with Gasteiger partial charge in [0.25, 0.3) is 0 Å². The molecule has 0 aliphatic rings. The second kappa shape index (κ2) is 5.65. The summed E-state index contributed by atoms with van der Waals surface area (Å²) in [5, 5.41) is 0. The Morgan fingerprint density at radius 1 is 0.882 bits per heavy atom. The van der Waals surface area contributed by atoms with Gasteiger partial charge in [-0.3, -0.25) is 4.90 Å². The third-order valence-electron chi connectivity index (χ3n) is 3.22. The number of nitrogens with zero attached hydrogens (tertiary/aromatic N) is 1. The molecule has 0 spiro atoms. The summed E-state index contributed by atoms with van der Waals surface area (Å²) in [5.41, 5.74) is 2.73. The van der Waals surface area contributed by atoms with Crippen LogP contribution >= 0.6 is 0 Å². The highest BCUT2D eigenvalue weighted by Gasteiger charge is 2.10. The van der Waals surface area contributed by atoms with E-state index in [0.29, 0.717) is 6.04 Å². The first kappa shape index (κ1) is 11.9. The van der Waals surface area contributed by atoms with E-state index in [1.165, 1.54) is 11.1 Å². The maximum Gasteiger partial charge on any atom is 0.0320 e. The fourth-order valence-corrected chi connectivity index (χ4v) is 1.99. The Morgan fingerprint density at radius 2 is 1.41 bits per heavy atom. The van der Waals surface area contributed by atoms with Crippen molar-refractivity contribution in [2.45, 2.75) is 19.5 Å². The summed E-state index contributed by atoms with van der Waals surface area (Å²) in [6, 6.07) is 21.7. The fraction of sp³-hybridized carbons (Fsp3) is 0.250. The second-order valence-electron chi connectivity index (χ2n) is 4.49. The zero-order valence-electron chi connectivity index (χ0n) is 10.5. The van der Waals surface area contributed by atoms with Crippen LogP contribution < -0.4 is 0 Å². The average molecular weight is 225 g/mol. The van der Waals surface area contributed by atoms with Crippen LogP contribution in [0.3, 0.4) is 0 Å². The van der Waals surface area contributed by atoms with Crippen LogP contribution in [0.5, 0.6) is 0 Å². The quantitative estimate of drug-likeness (QED) is 0.763. The maximum absolute atomic E-state index is 2.37. The predicted octanol–water partition coefficient (Wildman–Crippen LogP) is 3.88. The molecule has 0 heterocycles. The van der Waals surface area contributed by atoms with Crippen LogP contribution in [0.1, 0.15) is 24.1 Å². The van der Waals surface area contributed by atoms with Gasteiger partial charge in [0.15, 0.2) is 0 Å². The molecule has 0 N–H and O–H groups in total. The van der Waals surface area contributed by atoms with Crippen LogP contribution in [0.15, 0.2) is 60.7 Å². The molecule has 0 aromatic heterocycles. The molecular weight excluding hydrogens is 206 g/mol. The van der Waals surface area contributed by atoms with Crippen molar-refractivity contribution in [1.82, 2.24) is 4.90 Å². The Labute approximate surface area is 104 Å². The van der Waals surface area contributed by atoms with Gasteiger partial charge in [-0.1, -0.05) is 60.7 Å². The molecule has 2 aromatic rings. The molecule has 88 valence electrons. The lowest BCUT2D eigenvalue weighted by Gasteiger charge is -2.25. The van der Waals surface area contributed by atoms with Crippen molar-refractivity contribution in [3.8, 4) is 0 Å². The van der Waals surface area contributed by atoms with E-state index in [-0.39, 0.29) is 0 Å². The monoisotopic (exact) mass is 225 g/mol. The lowest BCUT2D eigenvalue weighted by Crippen LogP contribution is -2.21. The van der Waals surface area contributed by atoms with Crippen molar-refractivity contribution in [3.05, 3.63) is 71.8 Å². The van der Waals surface area contributed by atoms with Crippen LogP contribution in [0.25, 0.3) is 0 Å². The Morgan fingerprint density at radius 3 is 2.00 bits per heavy atom. The molecule has 1 unspecified atom stereocenters. The van der Waals surface area contributed by atoms with Crippen molar-refractivity contribution in [1.29, 1.82) is 0 Å². The Kier molecular flexibility index (Phi) is 3.94. The molecule has 2 aromatic carbocycles. The number of hydrogen-bond acceptors (Lipinski definition) is 1. The van der Waals surface area contributed by atoms with Gasteiger partial charge in [0, 0.05) is 12.6 Å². The van der Waals surface area contributed by atoms with E-state index in [1.807, 2.05) is 0 Å². The lowest BCUT2D eigenvalue weighted by atomic mass is 10.1. The first-order valence-electron chi connectivity index (χ1n) is 6.06. The third kappa shape index (κ3) is 3.18. The van der Waals surface area contributed by atoms with Gasteiger partial charge in [0.1, 0.15) is 0 Å². The molecule has 2 rings (SSSR count). The van der Waals surface area contributed by atoms with Gasteiger partial charge in [-0.05, 0) is 25.1 Å². The zero-order chi connectivity index (χ0) is 12.1. The van der Waals surface area contributed by atoms with Crippen molar-refractivity contribution < 1.29 is 0 Å². The topological polar surface area (TPSA) is 3.24 Å². The van der Waals surface area contributed by atoms with E-state index < -0.39 is 0 Å². The van der Waals surface area contributed by atoms with Crippen molar-refractivity contribution in [2.75, 3.05) is 7.05 Å². The Hall–Kier alpha value is -1.60. The van der Waals surface area contributed by atoms with Crippen molar-refractivity contribution in [2.24, 2.45) is 0 Å². The standard InChI is InChI=1S/C16H19N/c1-14(16-11-7-4-8-12-16)17(2)13-15-9-5-3-6-10-15/h3-12,14H,13H2,1-2H3. The minimum Gasteiger partial charge on any atom is -0.295 e. The molecular formula is C16H19N. The van der Waals surface area contributed by atoms with Crippen LogP contribution in [0, 0.1) is 0 Å². The molecule has 0 aliphatic heterocycles. The molecule has 1 heteroatoms. The smallest absolute Gasteiger partial charge is 0.0320 e. The number of hydrogen-bond donors (Lipinski definition) is 0. The first-order chi connectivity index (χ1) is 8.27. The van der Waals surface area contributed by atoms with Gasteiger partial charge < -0.3 is 0 Å². The van der Waals surface area contributed by atoms with E-state index in [2.05, 4.69) is 79.5 Å². The Balaban J connectivity index is 2.03. The summed E-state index contributed by atoms with van der Waals surface area (Å²) in [7, 11) is 2.17. The van der Waals surface area contributed by atoms with Crippen molar-refractivity contribution >= 4 is 0 Å². The highest BCUT2D eigenvalue weighted by molar-refractivity contribution is 5.19. The van der Waals surface area contributed by atoms with Gasteiger partial charge in [-0.2, -0.15) is 0 Å².